The second-order valence-corrected chi connectivity index (χ2v) is 3.71. The second-order valence-electron chi connectivity index (χ2n) is 2.85. The van der Waals surface area contributed by atoms with Crippen molar-refractivity contribution in [2.45, 2.75) is 20.3 Å². The van der Waals surface area contributed by atoms with Crippen LogP contribution in [0.15, 0.2) is 16.6 Å². The van der Waals surface area contributed by atoms with Gasteiger partial charge in [0.05, 0.1) is 24.4 Å². The molecule has 1 aromatic heterocycles. The van der Waals surface area contributed by atoms with Crippen molar-refractivity contribution < 1.29 is 9.53 Å². The molecule has 1 rings (SSSR count). The van der Waals surface area contributed by atoms with Crippen LogP contribution in [-0.4, -0.2) is 17.6 Å². The van der Waals surface area contributed by atoms with Crippen molar-refractivity contribution in [2.75, 3.05) is 6.61 Å². The van der Waals surface area contributed by atoms with Gasteiger partial charge in [-0.3, -0.25) is 9.78 Å². The fourth-order valence-corrected chi connectivity index (χ4v) is 1.28. The predicted molar refractivity (Wildman–Crippen MR) is 57.0 cm³/mol. The molecule has 0 saturated heterocycles. The number of carbonyl (C=O) groups is 1. The van der Waals surface area contributed by atoms with E-state index in [4.69, 9.17) is 4.74 Å². The van der Waals surface area contributed by atoms with E-state index >= 15 is 0 Å². The molecule has 3 nitrogen and oxygen atoms in total. The molecule has 1 heterocycles. The maximum atomic E-state index is 11.1. The minimum absolute atomic E-state index is 0.235. The average molecular weight is 258 g/mol. The molecule has 0 atom stereocenters. The maximum Gasteiger partial charge on any atom is 0.311 e. The van der Waals surface area contributed by atoms with Gasteiger partial charge in [0, 0.05) is 4.47 Å². The third kappa shape index (κ3) is 3.10. The Morgan fingerprint density at radius 3 is 2.86 bits per heavy atom. The van der Waals surface area contributed by atoms with E-state index in [1.54, 1.807) is 6.92 Å². The molecule has 0 spiro atoms. The molecule has 0 saturated carbocycles. The van der Waals surface area contributed by atoms with Gasteiger partial charge >= 0.3 is 5.97 Å². The van der Waals surface area contributed by atoms with Crippen LogP contribution in [0.1, 0.15) is 18.3 Å². The van der Waals surface area contributed by atoms with Crippen LogP contribution >= 0.6 is 15.9 Å². The number of ether oxygens (including phenoxy) is 1. The summed E-state index contributed by atoms with van der Waals surface area (Å²) < 4.78 is 5.77. The summed E-state index contributed by atoms with van der Waals surface area (Å²) in [4.78, 5) is 15.4. The summed E-state index contributed by atoms with van der Waals surface area (Å²) in [6.07, 6.45) is 0.238. The Labute approximate surface area is 91.6 Å². The first kappa shape index (κ1) is 11.2. The van der Waals surface area contributed by atoms with Gasteiger partial charge in [-0.05, 0) is 41.9 Å². The Balaban J connectivity index is 2.68. The Morgan fingerprint density at radius 1 is 1.57 bits per heavy atom. The van der Waals surface area contributed by atoms with Crippen molar-refractivity contribution in [2.24, 2.45) is 0 Å². The number of nitrogens with zero attached hydrogens (tertiary/aromatic N) is 1. The van der Waals surface area contributed by atoms with Crippen molar-refractivity contribution in [3.05, 3.63) is 28.0 Å². The molecule has 0 unspecified atom stereocenters. The van der Waals surface area contributed by atoms with E-state index in [0.717, 1.165) is 15.9 Å². The molecule has 0 aliphatic carbocycles. The Morgan fingerprint density at radius 2 is 2.29 bits per heavy atom. The number of pyridine rings is 1. The van der Waals surface area contributed by atoms with Crippen LogP contribution in [0.25, 0.3) is 0 Å². The molecule has 0 fully saturated rings. The summed E-state index contributed by atoms with van der Waals surface area (Å²) in [5.41, 5.74) is 1.62. The van der Waals surface area contributed by atoms with Gasteiger partial charge < -0.3 is 4.74 Å². The van der Waals surface area contributed by atoms with Crippen LogP contribution in [0.3, 0.4) is 0 Å². The van der Waals surface area contributed by atoms with Gasteiger partial charge in [0.15, 0.2) is 0 Å². The summed E-state index contributed by atoms with van der Waals surface area (Å²) in [6.45, 7) is 4.09. The number of aromatic nitrogens is 1. The molecule has 1 aromatic rings. The van der Waals surface area contributed by atoms with Gasteiger partial charge in [-0.1, -0.05) is 0 Å². The van der Waals surface area contributed by atoms with Gasteiger partial charge in [0.2, 0.25) is 0 Å². The summed E-state index contributed by atoms with van der Waals surface area (Å²) >= 11 is 3.35. The van der Waals surface area contributed by atoms with E-state index in [0.29, 0.717) is 6.61 Å². The number of esters is 1. The summed E-state index contributed by atoms with van der Waals surface area (Å²) in [7, 11) is 0. The van der Waals surface area contributed by atoms with E-state index < -0.39 is 0 Å². The second kappa shape index (κ2) is 5.10. The molecule has 14 heavy (non-hydrogen) atoms. The minimum Gasteiger partial charge on any atom is -0.466 e. The summed E-state index contributed by atoms with van der Waals surface area (Å²) in [5, 5.41) is 0. The SMILES string of the molecule is CCOC(=O)Cc1ccc(Br)c(C)n1. The zero-order valence-corrected chi connectivity index (χ0v) is 9.80. The molecule has 0 N–H and O–H groups in total. The van der Waals surface area contributed by atoms with Gasteiger partial charge in [-0.15, -0.1) is 0 Å². The molecule has 0 bridgehead atoms. The van der Waals surface area contributed by atoms with E-state index in [1.807, 2.05) is 19.1 Å². The van der Waals surface area contributed by atoms with Crippen LogP contribution in [-0.2, 0) is 16.0 Å². The van der Waals surface area contributed by atoms with Gasteiger partial charge in [0.1, 0.15) is 0 Å². The molecular formula is C10H12BrNO2. The first-order chi connectivity index (χ1) is 6.63. The van der Waals surface area contributed by atoms with Gasteiger partial charge in [0.25, 0.3) is 0 Å². The molecule has 76 valence electrons. The lowest BCUT2D eigenvalue weighted by molar-refractivity contribution is -0.142. The fourth-order valence-electron chi connectivity index (χ4n) is 1.05. The molecule has 0 amide bonds. The van der Waals surface area contributed by atoms with Gasteiger partial charge in [-0.25, -0.2) is 0 Å². The highest BCUT2D eigenvalue weighted by atomic mass is 79.9. The third-order valence-electron chi connectivity index (χ3n) is 1.71. The summed E-state index contributed by atoms with van der Waals surface area (Å²) in [5.74, 6) is -0.235. The zero-order valence-electron chi connectivity index (χ0n) is 8.21. The van der Waals surface area contributed by atoms with Crippen LogP contribution in [0.5, 0.6) is 0 Å². The number of hydrogen-bond acceptors (Lipinski definition) is 3. The van der Waals surface area contributed by atoms with E-state index in [1.165, 1.54) is 0 Å². The fraction of sp³-hybridized carbons (Fsp3) is 0.400. The third-order valence-corrected chi connectivity index (χ3v) is 2.55. The highest BCUT2D eigenvalue weighted by Crippen LogP contribution is 2.14. The molecule has 0 aromatic carbocycles. The van der Waals surface area contributed by atoms with Gasteiger partial charge in [-0.2, -0.15) is 0 Å². The number of carbonyl (C=O) groups excluding carboxylic acids is 1. The lowest BCUT2D eigenvalue weighted by atomic mass is 10.2. The highest BCUT2D eigenvalue weighted by molar-refractivity contribution is 9.10. The number of hydrogen-bond donors (Lipinski definition) is 0. The minimum atomic E-state index is -0.235. The van der Waals surface area contributed by atoms with E-state index in [-0.39, 0.29) is 12.4 Å². The average Bonchev–Trinajstić information content (AvgIpc) is 2.12. The molecule has 4 heteroatoms. The standard InChI is InChI=1S/C10H12BrNO2/c1-3-14-10(13)6-8-4-5-9(11)7(2)12-8/h4-5H,3,6H2,1-2H3. The van der Waals surface area contributed by atoms with Crippen LogP contribution < -0.4 is 0 Å². The lowest BCUT2D eigenvalue weighted by Gasteiger charge is -2.03. The molecule has 0 radical (unpaired) electrons. The van der Waals surface area contributed by atoms with Crippen LogP contribution in [0, 0.1) is 6.92 Å². The summed E-state index contributed by atoms with van der Waals surface area (Å²) in [6, 6.07) is 3.70. The lowest BCUT2D eigenvalue weighted by Crippen LogP contribution is -2.09. The quantitative estimate of drug-likeness (QED) is 0.780. The molecular weight excluding hydrogens is 246 g/mol. The van der Waals surface area contributed by atoms with Crippen molar-refractivity contribution in [3.63, 3.8) is 0 Å². The van der Waals surface area contributed by atoms with Crippen molar-refractivity contribution in [1.29, 1.82) is 0 Å². The zero-order chi connectivity index (χ0) is 10.6. The first-order valence-electron chi connectivity index (χ1n) is 4.41. The maximum absolute atomic E-state index is 11.1. The van der Waals surface area contributed by atoms with Crippen molar-refractivity contribution in [3.8, 4) is 0 Å². The number of rotatable bonds is 3. The van der Waals surface area contributed by atoms with E-state index in [9.17, 15) is 4.79 Å². The van der Waals surface area contributed by atoms with Crippen LogP contribution in [0.2, 0.25) is 0 Å². The first-order valence-corrected chi connectivity index (χ1v) is 5.20. The molecule has 0 aliphatic heterocycles. The van der Waals surface area contributed by atoms with E-state index in [2.05, 4.69) is 20.9 Å². The smallest absolute Gasteiger partial charge is 0.311 e. The van der Waals surface area contributed by atoms with Crippen molar-refractivity contribution in [1.82, 2.24) is 4.98 Å². The monoisotopic (exact) mass is 257 g/mol. The van der Waals surface area contributed by atoms with Crippen molar-refractivity contribution >= 4 is 21.9 Å². The Kier molecular flexibility index (Phi) is 4.07. The Hall–Kier alpha value is -0.900. The predicted octanol–water partition coefficient (Wildman–Crippen LogP) is 2.26. The largest absolute Gasteiger partial charge is 0.466 e. The molecule has 0 aliphatic rings. The highest BCUT2D eigenvalue weighted by Gasteiger charge is 2.06. The Bertz CT molecular complexity index is 339. The normalized spacial score (nSPS) is 9.93. The number of aryl methyl sites for hydroxylation is 1. The topological polar surface area (TPSA) is 39.2 Å². The van der Waals surface area contributed by atoms with Crippen LogP contribution in [0.4, 0.5) is 0 Å². The number of halogens is 1.